The maximum atomic E-state index is 14.5. The van der Waals surface area contributed by atoms with Gasteiger partial charge < -0.3 is 20.3 Å². The number of hydrogen-bond donors (Lipinski definition) is 2. The van der Waals surface area contributed by atoms with Gasteiger partial charge in [-0.1, -0.05) is 48.5 Å². The van der Waals surface area contributed by atoms with E-state index in [9.17, 15) is 17.6 Å². The highest BCUT2D eigenvalue weighted by atomic mass is 19.4. The number of pyridine rings is 1. The lowest BCUT2D eigenvalue weighted by Crippen LogP contribution is -2.26. The van der Waals surface area contributed by atoms with Gasteiger partial charge in [0, 0.05) is 17.3 Å². The first kappa shape index (κ1) is 26.7. The molecule has 2 aliphatic heterocycles. The summed E-state index contributed by atoms with van der Waals surface area (Å²) in [7, 11) is 0. The average Bonchev–Trinajstić information content (AvgIpc) is 3.26. The minimum atomic E-state index is -5.08. The molecule has 0 saturated heterocycles. The number of aliphatic carboxylic acids is 1. The molecule has 3 aromatic carbocycles. The van der Waals surface area contributed by atoms with E-state index >= 15 is 0 Å². The summed E-state index contributed by atoms with van der Waals surface area (Å²) in [4.78, 5) is 17.7. The monoisotopic (exact) mass is 551 g/mol. The first-order chi connectivity index (χ1) is 19.1. The van der Waals surface area contributed by atoms with Crippen LogP contribution in [0.3, 0.4) is 0 Å². The normalized spacial score (nSPS) is 17.2. The number of ether oxygens (including phenoxy) is 2. The summed E-state index contributed by atoms with van der Waals surface area (Å²) in [5, 5.41) is 7.12. The molecule has 0 spiro atoms. The number of nitrogens with zero attached hydrogens (tertiary/aromatic N) is 2. The number of benzene rings is 3. The number of carbonyl (C=O) groups is 1. The summed E-state index contributed by atoms with van der Waals surface area (Å²) in [6.07, 6.45) is -3.64. The molecule has 0 bridgehead atoms. The van der Waals surface area contributed by atoms with Crippen LogP contribution in [0.2, 0.25) is 0 Å². The third-order valence-electron chi connectivity index (χ3n) is 6.43. The van der Waals surface area contributed by atoms with E-state index in [0.29, 0.717) is 41.7 Å². The van der Waals surface area contributed by atoms with Gasteiger partial charge in [0.2, 0.25) is 5.95 Å². The quantitative estimate of drug-likeness (QED) is 0.264. The first-order valence-corrected chi connectivity index (χ1v) is 12.0. The Hall–Kier alpha value is -4.93. The lowest BCUT2D eigenvalue weighted by molar-refractivity contribution is -0.192. The second kappa shape index (κ2) is 10.3. The Bertz CT molecular complexity index is 1620. The van der Waals surface area contributed by atoms with E-state index in [1.165, 1.54) is 6.20 Å². The highest BCUT2D eigenvalue weighted by molar-refractivity contribution is 6.03. The van der Waals surface area contributed by atoms with E-state index in [1.54, 1.807) is 12.1 Å². The molecule has 0 radical (unpaired) electrons. The van der Waals surface area contributed by atoms with Crippen LogP contribution in [-0.4, -0.2) is 41.3 Å². The molecule has 1 aromatic heterocycles. The Labute approximate surface area is 225 Å². The van der Waals surface area contributed by atoms with Crippen LogP contribution in [-0.2, 0) is 10.3 Å². The number of rotatable bonds is 3. The molecule has 0 fully saturated rings. The molecular formula is C29H21F4N3O4. The van der Waals surface area contributed by atoms with Crippen molar-refractivity contribution in [3.05, 3.63) is 113 Å². The molecule has 1 atom stereocenters. The van der Waals surface area contributed by atoms with Crippen LogP contribution in [0.15, 0.2) is 90.1 Å². The second-order valence-corrected chi connectivity index (χ2v) is 8.84. The maximum absolute atomic E-state index is 14.5. The van der Waals surface area contributed by atoms with E-state index < -0.39 is 23.6 Å². The number of carboxylic acid groups (broad SMARTS) is 1. The lowest BCUT2D eigenvalue weighted by atomic mass is 9.77. The number of halogens is 4. The summed E-state index contributed by atoms with van der Waals surface area (Å²) in [6.45, 7) is 1.01. The molecule has 11 heteroatoms. The van der Waals surface area contributed by atoms with Crippen molar-refractivity contribution in [1.29, 1.82) is 0 Å². The Balaban J connectivity index is 0.000000411. The minimum Gasteiger partial charge on any atom is -0.486 e. The van der Waals surface area contributed by atoms with Crippen molar-refractivity contribution in [2.75, 3.05) is 13.2 Å². The van der Waals surface area contributed by atoms with Gasteiger partial charge in [0.15, 0.2) is 11.5 Å². The van der Waals surface area contributed by atoms with Crippen LogP contribution in [0, 0.1) is 5.95 Å². The number of aliphatic imine (C=N–C) groups is 1. The molecule has 0 amide bonds. The van der Waals surface area contributed by atoms with Gasteiger partial charge in [0.1, 0.15) is 24.6 Å². The fourth-order valence-electron chi connectivity index (χ4n) is 4.71. The van der Waals surface area contributed by atoms with Crippen LogP contribution >= 0.6 is 0 Å². The lowest BCUT2D eigenvalue weighted by Gasteiger charge is -2.31. The van der Waals surface area contributed by atoms with Gasteiger partial charge in [0.05, 0.1) is 0 Å². The highest BCUT2D eigenvalue weighted by Gasteiger charge is 2.43. The van der Waals surface area contributed by atoms with Crippen LogP contribution in [0.25, 0.3) is 11.1 Å². The maximum Gasteiger partial charge on any atom is 0.490 e. The van der Waals surface area contributed by atoms with E-state index in [-0.39, 0.29) is 0 Å². The zero-order valence-electron chi connectivity index (χ0n) is 20.7. The van der Waals surface area contributed by atoms with E-state index in [2.05, 4.69) is 4.98 Å². The van der Waals surface area contributed by atoms with E-state index in [0.717, 1.165) is 22.3 Å². The predicted octanol–water partition coefficient (Wildman–Crippen LogP) is 5.30. The van der Waals surface area contributed by atoms with Gasteiger partial charge in [-0.05, 0) is 52.6 Å². The molecule has 40 heavy (non-hydrogen) atoms. The molecule has 0 saturated carbocycles. The summed E-state index contributed by atoms with van der Waals surface area (Å²) in [5.74, 6) is -1.44. The van der Waals surface area contributed by atoms with Gasteiger partial charge >= 0.3 is 12.1 Å². The zero-order valence-corrected chi connectivity index (χ0v) is 20.7. The van der Waals surface area contributed by atoms with Crippen molar-refractivity contribution < 1.29 is 36.9 Å². The van der Waals surface area contributed by atoms with Crippen molar-refractivity contribution in [3.63, 3.8) is 0 Å². The van der Waals surface area contributed by atoms with Crippen molar-refractivity contribution in [2.24, 2.45) is 10.7 Å². The first-order valence-electron chi connectivity index (χ1n) is 12.0. The SMILES string of the molecule is NC1=NC(c2cccc(-c3cccnc3F)c2)(c2ccc3c(c2)OCCO3)c2ccccc21.O=C(O)C(F)(F)F. The number of fused-ring (bicyclic) bond motifs is 2. The Morgan fingerprint density at radius 1 is 0.875 bits per heavy atom. The molecule has 2 aliphatic rings. The predicted molar refractivity (Wildman–Crippen MR) is 138 cm³/mol. The van der Waals surface area contributed by atoms with Crippen molar-refractivity contribution in [1.82, 2.24) is 4.98 Å². The summed E-state index contributed by atoms with van der Waals surface area (Å²) in [5.41, 5.74) is 10.3. The summed E-state index contributed by atoms with van der Waals surface area (Å²) >= 11 is 0. The van der Waals surface area contributed by atoms with Gasteiger partial charge in [-0.15, -0.1) is 0 Å². The third-order valence-corrected chi connectivity index (χ3v) is 6.43. The molecule has 7 nitrogen and oxygen atoms in total. The van der Waals surface area contributed by atoms with E-state index in [4.69, 9.17) is 30.1 Å². The van der Waals surface area contributed by atoms with Gasteiger partial charge in [-0.2, -0.15) is 17.6 Å². The molecule has 204 valence electrons. The smallest absolute Gasteiger partial charge is 0.486 e. The molecule has 3 heterocycles. The average molecular weight is 551 g/mol. The van der Waals surface area contributed by atoms with Crippen molar-refractivity contribution in [2.45, 2.75) is 11.7 Å². The summed E-state index contributed by atoms with van der Waals surface area (Å²) in [6, 6.07) is 25.0. The Kier molecular flexibility index (Phi) is 6.88. The number of aromatic nitrogens is 1. The number of nitrogens with two attached hydrogens (primary N) is 1. The van der Waals surface area contributed by atoms with Crippen LogP contribution in [0.4, 0.5) is 17.6 Å². The second-order valence-electron chi connectivity index (χ2n) is 8.84. The fourth-order valence-corrected chi connectivity index (χ4v) is 4.71. The van der Waals surface area contributed by atoms with E-state index in [1.807, 2.05) is 66.7 Å². The molecule has 6 rings (SSSR count). The highest BCUT2D eigenvalue weighted by Crippen LogP contribution is 2.48. The van der Waals surface area contributed by atoms with Crippen LogP contribution < -0.4 is 15.2 Å². The van der Waals surface area contributed by atoms with Crippen LogP contribution in [0.5, 0.6) is 11.5 Å². The number of hydrogen-bond acceptors (Lipinski definition) is 6. The molecule has 1 unspecified atom stereocenters. The molecule has 3 N–H and O–H groups in total. The topological polar surface area (TPSA) is 107 Å². The van der Waals surface area contributed by atoms with Gasteiger partial charge in [-0.3, -0.25) is 0 Å². The summed E-state index contributed by atoms with van der Waals surface area (Å²) < 4.78 is 57.8. The Morgan fingerprint density at radius 3 is 2.27 bits per heavy atom. The third kappa shape index (κ3) is 4.81. The largest absolute Gasteiger partial charge is 0.490 e. The standard InChI is InChI=1S/C27H20FN3O2.C2HF3O2/c28-25-20(8-4-12-30-25)17-5-3-6-18(15-17)27(22-9-2-1-7-21(22)26(29)31-27)19-10-11-23-24(16-19)33-14-13-32-23;3-2(4,5)1(6)7/h1-12,15-16H,13-14H2,(H2,29,31);(H,6,7). The molecule has 4 aromatic rings. The fraction of sp³-hybridized carbons (Fsp3) is 0.138. The van der Waals surface area contributed by atoms with Gasteiger partial charge in [-0.25, -0.2) is 14.8 Å². The van der Waals surface area contributed by atoms with Gasteiger partial charge in [0.25, 0.3) is 0 Å². The minimum absolute atomic E-state index is 0.430. The number of carboxylic acids is 1. The zero-order chi connectivity index (χ0) is 28.5. The molecular weight excluding hydrogens is 530 g/mol. The number of alkyl halides is 3. The Morgan fingerprint density at radius 2 is 1.55 bits per heavy atom. The van der Waals surface area contributed by atoms with Crippen molar-refractivity contribution >= 4 is 11.8 Å². The van der Waals surface area contributed by atoms with Crippen LogP contribution in [0.1, 0.15) is 22.3 Å². The molecule has 0 aliphatic carbocycles. The number of amidine groups is 1. The van der Waals surface area contributed by atoms with Crippen molar-refractivity contribution in [3.8, 4) is 22.6 Å².